The number of nitrogens with zero attached hydrogens (tertiary/aromatic N) is 3. The van der Waals surface area contributed by atoms with E-state index in [-0.39, 0.29) is 24.7 Å². The Hall–Kier alpha value is -4.61. The van der Waals surface area contributed by atoms with Crippen LogP contribution in [-0.2, 0) is 22.3 Å². The van der Waals surface area contributed by atoms with Crippen LogP contribution in [0.15, 0.2) is 54.6 Å². The Bertz CT molecular complexity index is 1550. The third-order valence-electron chi connectivity index (χ3n) is 6.23. The van der Waals surface area contributed by atoms with Gasteiger partial charge in [0.1, 0.15) is 6.54 Å². The van der Waals surface area contributed by atoms with Gasteiger partial charge in [0.25, 0.3) is 0 Å². The van der Waals surface area contributed by atoms with Crippen LogP contribution in [0.4, 0.5) is 35.2 Å². The second kappa shape index (κ2) is 10.3. The van der Waals surface area contributed by atoms with Crippen LogP contribution in [0, 0.1) is 0 Å². The number of benzene rings is 2. The van der Waals surface area contributed by atoms with Crippen molar-refractivity contribution >= 4 is 40.2 Å². The predicted octanol–water partition coefficient (Wildman–Crippen LogP) is 5.78. The Labute approximate surface area is 221 Å². The Morgan fingerprint density at radius 3 is 2.46 bits per heavy atom. The number of nitrogen functional groups attached to an aromatic ring is 1. The molecule has 1 saturated carbocycles. The first kappa shape index (κ1) is 26.0. The molecule has 2 aromatic carbocycles. The number of hydrogen-bond acceptors (Lipinski definition) is 6. The van der Waals surface area contributed by atoms with E-state index in [4.69, 9.17) is 15.5 Å². The summed E-state index contributed by atoms with van der Waals surface area (Å²) in [6.07, 6.45) is -2.48. The number of halogens is 3. The highest BCUT2D eigenvalue weighted by molar-refractivity contribution is 6.02. The van der Waals surface area contributed by atoms with E-state index < -0.39 is 23.7 Å². The van der Waals surface area contributed by atoms with Crippen molar-refractivity contribution in [1.82, 2.24) is 14.8 Å². The lowest BCUT2D eigenvalue weighted by Crippen LogP contribution is -2.19. The highest BCUT2D eigenvalue weighted by atomic mass is 19.4. The number of pyridine rings is 1. The maximum atomic E-state index is 12.9. The zero-order valence-electron chi connectivity index (χ0n) is 20.9. The molecule has 1 aliphatic rings. The predicted molar refractivity (Wildman–Crippen MR) is 140 cm³/mol. The van der Waals surface area contributed by atoms with Crippen LogP contribution in [0.1, 0.15) is 36.9 Å². The van der Waals surface area contributed by atoms with Gasteiger partial charge in [0.15, 0.2) is 11.5 Å². The van der Waals surface area contributed by atoms with E-state index >= 15 is 0 Å². The minimum atomic E-state index is -4.51. The van der Waals surface area contributed by atoms with Crippen molar-refractivity contribution in [3.05, 3.63) is 65.9 Å². The molecule has 12 heteroatoms. The van der Waals surface area contributed by atoms with Crippen molar-refractivity contribution in [3.8, 4) is 11.1 Å². The zero-order chi connectivity index (χ0) is 27.7. The van der Waals surface area contributed by atoms with Gasteiger partial charge in [-0.25, -0.2) is 14.5 Å². The molecule has 0 saturated heterocycles. The van der Waals surface area contributed by atoms with Gasteiger partial charge in [-0.3, -0.25) is 4.79 Å². The Morgan fingerprint density at radius 2 is 1.79 bits per heavy atom. The van der Waals surface area contributed by atoms with Crippen LogP contribution < -0.4 is 16.4 Å². The van der Waals surface area contributed by atoms with Gasteiger partial charge in [0.2, 0.25) is 0 Å². The molecular weight excluding hydrogens is 513 g/mol. The normalized spacial score (nSPS) is 13.3. The van der Waals surface area contributed by atoms with Crippen LogP contribution in [0.25, 0.3) is 22.2 Å². The summed E-state index contributed by atoms with van der Waals surface area (Å²) in [5.74, 6) is 0.100. The second-order valence-corrected chi connectivity index (χ2v) is 9.15. The molecule has 39 heavy (non-hydrogen) atoms. The zero-order valence-corrected chi connectivity index (χ0v) is 20.9. The van der Waals surface area contributed by atoms with Gasteiger partial charge in [-0.15, -0.1) is 0 Å². The fourth-order valence-electron chi connectivity index (χ4n) is 4.27. The topological polar surface area (TPSA) is 124 Å². The summed E-state index contributed by atoms with van der Waals surface area (Å²) in [7, 11) is 0. The average molecular weight is 539 g/mol. The molecule has 0 atom stereocenters. The van der Waals surface area contributed by atoms with E-state index in [0.717, 1.165) is 41.8 Å². The number of urea groups is 1. The number of aromatic nitrogens is 3. The van der Waals surface area contributed by atoms with Gasteiger partial charge < -0.3 is 21.1 Å². The number of carbonyl (C=O) groups excluding carboxylic acids is 2. The fraction of sp³-hybridized carbons (Fsp3) is 0.259. The first-order valence-electron chi connectivity index (χ1n) is 12.3. The lowest BCUT2D eigenvalue weighted by Gasteiger charge is -2.12. The number of nitrogens with one attached hydrogen (secondary N) is 2. The molecule has 2 heterocycles. The minimum Gasteiger partial charge on any atom is -0.465 e. The first-order chi connectivity index (χ1) is 18.6. The van der Waals surface area contributed by atoms with Crippen molar-refractivity contribution in [2.45, 2.75) is 38.4 Å². The molecule has 0 radical (unpaired) electrons. The molecule has 0 bridgehead atoms. The van der Waals surface area contributed by atoms with E-state index in [1.54, 1.807) is 31.2 Å². The molecule has 4 aromatic rings. The summed E-state index contributed by atoms with van der Waals surface area (Å²) in [4.78, 5) is 29.3. The molecule has 1 aliphatic carbocycles. The summed E-state index contributed by atoms with van der Waals surface area (Å²) in [5.41, 5.74) is 8.79. The maximum Gasteiger partial charge on any atom is 0.416 e. The van der Waals surface area contributed by atoms with Gasteiger partial charge in [-0.2, -0.15) is 18.3 Å². The smallest absolute Gasteiger partial charge is 0.416 e. The highest BCUT2D eigenvalue weighted by Gasteiger charge is 2.31. The minimum absolute atomic E-state index is 0.0148. The molecule has 2 amide bonds. The van der Waals surface area contributed by atoms with Crippen LogP contribution in [-0.4, -0.2) is 33.4 Å². The third-order valence-corrected chi connectivity index (χ3v) is 6.23. The van der Waals surface area contributed by atoms with Crippen LogP contribution >= 0.6 is 0 Å². The summed E-state index contributed by atoms with van der Waals surface area (Å²) < 4.78 is 45.3. The molecule has 4 N–H and O–H groups in total. The van der Waals surface area contributed by atoms with Gasteiger partial charge in [-0.1, -0.05) is 18.2 Å². The number of hydrogen-bond donors (Lipinski definition) is 3. The standard InChI is InChI=1S/C27H25F3N6O3/c1-2-39-22(37)14-36-25-23(24(31)35-36)20(13-21(34-25)16-6-7-16)15-8-10-18(11-9-15)32-26(38)33-19-5-3-4-17(12-19)27(28,29)30/h3-5,8-13,16H,2,6-7,14H2,1H3,(H2,31,35)(H2,32,33,38). The van der Waals surface area contributed by atoms with Gasteiger partial charge in [0.05, 0.1) is 17.6 Å². The van der Waals surface area contributed by atoms with E-state index in [9.17, 15) is 22.8 Å². The molecule has 0 unspecified atom stereocenters. The summed E-state index contributed by atoms with van der Waals surface area (Å²) >= 11 is 0. The van der Waals surface area contributed by atoms with Gasteiger partial charge >= 0.3 is 18.2 Å². The van der Waals surface area contributed by atoms with Crippen molar-refractivity contribution < 1.29 is 27.5 Å². The highest BCUT2D eigenvalue weighted by Crippen LogP contribution is 2.43. The van der Waals surface area contributed by atoms with Crippen molar-refractivity contribution in [1.29, 1.82) is 0 Å². The Morgan fingerprint density at radius 1 is 1.08 bits per heavy atom. The maximum absolute atomic E-state index is 12.9. The number of ether oxygens (including phenoxy) is 1. The van der Waals surface area contributed by atoms with Crippen LogP contribution in [0.3, 0.4) is 0 Å². The molecule has 9 nitrogen and oxygen atoms in total. The number of amides is 2. The monoisotopic (exact) mass is 538 g/mol. The van der Waals surface area contributed by atoms with Crippen molar-refractivity contribution in [2.24, 2.45) is 0 Å². The summed E-state index contributed by atoms with van der Waals surface area (Å²) in [6.45, 7) is 1.85. The molecular formula is C27H25F3N6O3. The molecule has 2 aromatic heterocycles. The number of anilines is 3. The van der Waals surface area contributed by atoms with Gasteiger partial charge in [0, 0.05) is 23.0 Å². The summed E-state index contributed by atoms with van der Waals surface area (Å²) in [5, 5.41) is 9.96. The quantitative estimate of drug-likeness (QED) is 0.256. The summed E-state index contributed by atoms with van der Waals surface area (Å²) in [6, 6.07) is 12.6. The SMILES string of the molecule is CCOC(=O)Cn1nc(N)c2c(-c3ccc(NC(=O)Nc4cccc(C(F)(F)F)c4)cc3)cc(C3CC3)nc21. The number of fused-ring (bicyclic) bond motifs is 1. The molecule has 5 rings (SSSR count). The van der Waals surface area contributed by atoms with E-state index in [1.165, 1.54) is 16.8 Å². The number of carbonyl (C=O) groups is 2. The van der Waals surface area contributed by atoms with Crippen molar-refractivity contribution in [2.75, 3.05) is 23.0 Å². The lowest BCUT2D eigenvalue weighted by atomic mass is 10.0. The van der Waals surface area contributed by atoms with E-state index in [0.29, 0.717) is 22.6 Å². The molecule has 0 aliphatic heterocycles. The number of alkyl halides is 3. The first-order valence-corrected chi connectivity index (χ1v) is 12.3. The fourth-order valence-corrected chi connectivity index (χ4v) is 4.27. The second-order valence-electron chi connectivity index (χ2n) is 9.15. The number of rotatable bonds is 7. The Balaban J connectivity index is 1.39. The molecule has 202 valence electrons. The average Bonchev–Trinajstić information content (AvgIpc) is 3.69. The molecule has 1 fully saturated rings. The largest absolute Gasteiger partial charge is 0.465 e. The number of nitrogens with two attached hydrogens (primary N) is 1. The van der Waals surface area contributed by atoms with E-state index in [2.05, 4.69) is 15.7 Å². The molecule has 0 spiro atoms. The van der Waals surface area contributed by atoms with E-state index in [1.807, 2.05) is 6.07 Å². The Kier molecular flexibility index (Phi) is 6.85. The van der Waals surface area contributed by atoms with Crippen molar-refractivity contribution in [3.63, 3.8) is 0 Å². The van der Waals surface area contributed by atoms with Gasteiger partial charge in [-0.05, 0) is 67.3 Å². The van der Waals surface area contributed by atoms with Crippen LogP contribution in [0.2, 0.25) is 0 Å². The number of esters is 1. The lowest BCUT2D eigenvalue weighted by molar-refractivity contribution is -0.144. The third kappa shape index (κ3) is 5.79. The van der Waals surface area contributed by atoms with Crippen LogP contribution in [0.5, 0.6) is 0 Å².